The number of carbonyl (C=O) groups is 1. The van der Waals surface area contributed by atoms with Crippen LogP contribution in [0.25, 0.3) is 10.2 Å². The van der Waals surface area contributed by atoms with Gasteiger partial charge in [-0.3, -0.25) is 9.69 Å². The summed E-state index contributed by atoms with van der Waals surface area (Å²) in [5.74, 6) is -0.183. The molecule has 0 fully saturated rings. The van der Waals surface area contributed by atoms with Crippen molar-refractivity contribution >= 4 is 42.6 Å². The number of aromatic nitrogens is 1. The minimum absolute atomic E-state index is 0.183. The fourth-order valence-electron chi connectivity index (χ4n) is 5.11. The van der Waals surface area contributed by atoms with Crippen LogP contribution in [0.15, 0.2) is 71.6 Å². The number of thiazole rings is 1. The van der Waals surface area contributed by atoms with Crippen molar-refractivity contribution in [1.82, 2.24) is 14.2 Å². The van der Waals surface area contributed by atoms with Gasteiger partial charge in [-0.2, -0.15) is 4.31 Å². The number of carbonyl (C=O) groups excluding carboxylic acids is 1. The molecule has 40 heavy (non-hydrogen) atoms. The summed E-state index contributed by atoms with van der Waals surface area (Å²) in [6.45, 7) is 10.1. The van der Waals surface area contributed by atoms with E-state index in [1.807, 2.05) is 24.3 Å². The maximum atomic E-state index is 13.8. The average molecular weight is 577 g/mol. The van der Waals surface area contributed by atoms with Crippen LogP contribution in [0.4, 0.5) is 5.13 Å². The van der Waals surface area contributed by atoms with Crippen molar-refractivity contribution in [2.75, 3.05) is 37.6 Å². The molecule has 0 atom stereocenters. The molecule has 2 heterocycles. The van der Waals surface area contributed by atoms with E-state index in [-0.39, 0.29) is 10.8 Å². The zero-order valence-electron chi connectivity index (χ0n) is 23.3. The number of likely N-dealkylation sites (N-methyl/N-ethyl adjacent to an activating group) is 1. The molecular weight excluding hydrogens is 541 g/mol. The molecule has 0 N–H and O–H groups in total. The number of hydrogen-bond acceptors (Lipinski definition) is 6. The molecule has 0 saturated heterocycles. The van der Waals surface area contributed by atoms with Crippen molar-refractivity contribution in [2.45, 2.75) is 45.1 Å². The van der Waals surface area contributed by atoms with Crippen molar-refractivity contribution in [2.24, 2.45) is 0 Å². The van der Waals surface area contributed by atoms with Crippen LogP contribution in [-0.4, -0.2) is 61.2 Å². The quantitative estimate of drug-likeness (QED) is 0.246. The van der Waals surface area contributed by atoms with E-state index in [0.717, 1.165) is 41.8 Å². The lowest BCUT2D eigenvalue weighted by atomic mass is 10.0. The van der Waals surface area contributed by atoms with Crippen molar-refractivity contribution in [1.29, 1.82) is 0 Å². The van der Waals surface area contributed by atoms with Crippen LogP contribution in [0.5, 0.6) is 0 Å². The largest absolute Gasteiger partial charge is 0.302 e. The molecule has 5 rings (SSSR count). The highest BCUT2D eigenvalue weighted by Crippen LogP contribution is 2.31. The molecule has 7 nitrogen and oxygen atoms in total. The minimum Gasteiger partial charge on any atom is -0.302 e. The smallest absolute Gasteiger partial charge is 0.260 e. The highest BCUT2D eigenvalue weighted by Gasteiger charge is 2.29. The Hall–Kier alpha value is -3.11. The first kappa shape index (κ1) is 28.4. The van der Waals surface area contributed by atoms with E-state index in [4.69, 9.17) is 4.98 Å². The normalized spacial score (nSPS) is 14.0. The summed E-state index contributed by atoms with van der Waals surface area (Å²) in [7, 11) is -3.68. The van der Waals surface area contributed by atoms with E-state index in [2.05, 4.69) is 43.9 Å². The van der Waals surface area contributed by atoms with Gasteiger partial charge in [-0.15, -0.1) is 0 Å². The second-order valence-corrected chi connectivity index (χ2v) is 13.0. The van der Waals surface area contributed by atoms with E-state index in [1.165, 1.54) is 26.8 Å². The van der Waals surface area contributed by atoms with Gasteiger partial charge in [0.15, 0.2) is 5.13 Å². The molecular formula is C31H36N4O3S2. The van der Waals surface area contributed by atoms with Crippen LogP contribution in [0, 0.1) is 0 Å². The molecule has 0 aliphatic carbocycles. The first-order chi connectivity index (χ1) is 19.3. The van der Waals surface area contributed by atoms with E-state index in [9.17, 15) is 13.2 Å². The number of hydrogen-bond donors (Lipinski definition) is 0. The fourth-order valence-corrected chi connectivity index (χ4v) is 7.58. The number of aryl methyl sites for hydroxylation is 1. The van der Waals surface area contributed by atoms with Gasteiger partial charge < -0.3 is 4.90 Å². The summed E-state index contributed by atoms with van der Waals surface area (Å²) in [6, 6.07) is 20.6. The molecule has 0 radical (unpaired) electrons. The van der Waals surface area contributed by atoms with Crippen LogP contribution in [0.1, 0.15) is 47.8 Å². The molecule has 1 aliphatic rings. The second kappa shape index (κ2) is 12.2. The Morgan fingerprint density at radius 3 is 2.38 bits per heavy atom. The monoisotopic (exact) mass is 576 g/mol. The standard InChI is InChI=1S/C31H36N4O3S2/c1-4-23-11-16-28-29(21-23)39-31(32-28)35(20-19-33(5-2)6-3)30(36)25-12-14-27(15-13-25)40(37,38)34-18-17-24-9-7-8-10-26(24)22-34/h7-16,21H,4-6,17-20,22H2,1-3H3. The Bertz CT molecular complexity index is 1590. The molecule has 1 amide bonds. The number of benzene rings is 3. The second-order valence-electron chi connectivity index (χ2n) is 10.0. The number of anilines is 1. The third-order valence-corrected chi connectivity index (χ3v) is 10.6. The van der Waals surface area contributed by atoms with Gasteiger partial charge in [0.05, 0.1) is 15.1 Å². The van der Waals surface area contributed by atoms with Crippen LogP contribution >= 0.6 is 11.3 Å². The Morgan fingerprint density at radius 2 is 1.68 bits per heavy atom. The molecule has 0 spiro atoms. The predicted octanol–water partition coefficient (Wildman–Crippen LogP) is 5.59. The first-order valence-corrected chi connectivity index (χ1v) is 16.2. The predicted molar refractivity (Wildman–Crippen MR) is 163 cm³/mol. The van der Waals surface area contributed by atoms with Crippen molar-refractivity contribution < 1.29 is 13.2 Å². The fraction of sp³-hybridized carbons (Fsp3) is 0.355. The van der Waals surface area contributed by atoms with Gasteiger partial charge in [-0.05, 0) is 79.0 Å². The molecule has 0 unspecified atom stereocenters. The third-order valence-electron chi connectivity index (χ3n) is 7.69. The number of rotatable bonds is 10. The van der Waals surface area contributed by atoms with E-state index < -0.39 is 10.0 Å². The Kier molecular flexibility index (Phi) is 8.65. The maximum Gasteiger partial charge on any atom is 0.260 e. The van der Waals surface area contributed by atoms with Crippen LogP contribution in [0.2, 0.25) is 0 Å². The SMILES string of the molecule is CCc1ccc2nc(N(CCN(CC)CC)C(=O)c3ccc(S(=O)(=O)N4CCc5ccccc5C4)cc3)sc2c1. The number of nitrogens with zero attached hydrogens (tertiary/aromatic N) is 4. The summed E-state index contributed by atoms with van der Waals surface area (Å²) in [4.78, 5) is 22.9. The van der Waals surface area contributed by atoms with Crippen molar-refractivity contribution in [3.05, 3.63) is 89.0 Å². The van der Waals surface area contributed by atoms with Gasteiger partial charge in [0, 0.05) is 31.7 Å². The molecule has 0 bridgehead atoms. The van der Waals surface area contributed by atoms with Crippen LogP contribution in [-0.2, 0) is 29.4 Å². The number of sulfonamides is 1. The molecule has 0 saturated carbocycles. The Labute approximate surface area is 241 Å². The van der Waals surface area contributed by atoms with Gasteiger partial charge in [-0.1, -0.05) is 62.4 Å². The topological polar surface area (TPSA) is 73.8 Å². The summed E-state index contributed by atoms with van der Waals surface area (Å²) < 4.78 is 29.5. The minimum atomic E-state index is -3.68. The molecule has 210 valence electrons. The van der Waals surface area contributed by atoms with Crippen LogP contribution in [0.3, 0.4) is 0 Å². The molecule has 3 aromatic carbocycles. The lowest BCUT2D eigenvalue weighted by Gasteiger charge is -2.28. The average Bonchev–Trinajstić information content (AvgIpc) is 3.42. The van der Waals surface area contributed by atoms with Crippen LogP contribution < -0.4 is 4.90 Å². The first-order valence-electron chi connectivity index (χ1n) is 13.9. The zero-order chi connectivity index (χ0) is 28.3. The molecule has 1 aromatic heterocycles. The van der Waals surface area contributed by atoms with Gasteiger partial charge in [0.25, 0.3) is 5.91 Å². The number of fused-ring (bicyclic) bond motifs is 2. The Morgan fingerprint density at radius 1 is 0.950 bits per heavy atom. The van der Waals surface area contributed by atoms with Gasteiger partial charge in [-0.25, -0.2) is 13.4 Å². The number of amides is 1. The highest BCUT2D eigenvalue weighted by molar-refractivity contribution is 7.89. The van der Waals surface area contributed by atoms with E-state index in [0.29, 0.717) is 36.8 Å². The third kappa shape index (κ3) is 5.83. The highest BCUT2D eigenvalue weighted by atomic mass is 32.2. The van der Waals surface area contributed by atoms with Gasteiger partial charge in [0.1, 0.15) is 0 Å². The summed E-state index contributed by atoms with van der Waals surface area (Å²) in [5, 5.41) is 0.657. The van der Waals surface area contributed by atoms with E-state index in [1.54, 1.807) is 29.2 Å². The molecule has 1 aliphatic heterocycles. The molecule has 4 aromatic rings. The lowest BCUT2D eigenvalue weighted by Crippen LogP contribution is -2.39. The maximum absolute atomic E-state index is 13.8. The lowest BCUT2D eigenvalue weighted by molar-refractivity contribution is 0.0983. The van der Waals surface area contributed by atoms with Crippen molar-refractivity contribution in [3.8, 4) is 0 Å². The summed E-state index contributed by atoms with van der Waals surface area (Å²) in [5.41, 5.74) is 4.78. The van der Waals surface area contributed by atoms with Crippen molar-refractivity contribution in [3.63, 3.8) is 0 Å². The van der Waals surface area contributed by atoms with Gasteiger partial charge >= 0.3 is 0 Å². The van der Waals surface area contributed by atoms with E-state index >= 15 is 0 Å². The zero-order valence-corrected chi connectivity index (χ0v) is 25.0. The van der Waals surface area contributed by atoms with Gasteiger partial charge in [0.2, 0.25) is 10.0 Å². The Balaban J connectivity index is 1.40. The summed E-state index contributed by atoms with van der Waals surface area (Å²) in [6.07, 6.45) is 1.63. The molecule has 9 heteroatoms. The summed E-state index contributed by atoms with van der Waals surface area (Å²) >= 11 is 1.52.